The summed E-state index contributed by atoms with van der Waals surface area (Å²) in [5.41, 5.74) is 2.71. The van der Waals surface area contributed by atoms with Gasteiger partial charge in [-0.1, -0.05) is 72.8 Å². The summed E-state index contributed by atoms with van der Waals surface area (Å²) in [4.78, 5) is 2.34. The van der Waals surface area contributed by atoms with Gasteiger partial charge in [0.1, 0.15) is 12.7 Å². The maximum Gasteiger partial charge on any atom is 0.161 e. The van der Waals surface area contributed by atoms with Gasteiger partial charge >= 0.3 is 0 Å². The van der Waals surface area contributed by atoms with Gasteiger partial charge in [0.05, 0.1) is 7.11 Å². The maximum absolute atomic E-state index is 10.2. The molecule has 3 aromatic carbocycles. The summed E-state index contributed by atoms with van der Waals surface area (Å²) in [6, 6.07) is 28.9. The zero-order valence-electron chi connectivity index (χ0n) is 20.5. The van der Waals surface area contributed by atoms with Crippen LogP contribution in [-0.2, 0) is 0 Å². The third kappa shape index (κ3) is 10.5. The number of methoxy groups -OCH3 is 1. The minimum atomic E-state index is -0.583. The second kappa shape index (κ2) is 17.2. The van der Waals surface area contributed by atoms with E-state index in [-0.39, 0.29) is 31.4 Å². The lowest BCUT2D eigenvalue weighted by molar-refractivity contribution is 0.104. The summed E-state index contributed by atoms with van der Waals surface area (Å²) in [5.74, 6) is 1.70. The van der Waals surface area contributed by atoms with E-state index >= 15 is 0 Å². The van der Waals surface area contributed by atoms with Crippen LogP contribution in [0.2, 0.25) is 0 Å². The van der Waals surface area contributed by atoms with E-state index in [4.69, 9.17) is 9.47 Å². The number of para-hydroxylation sites is 2. The van der Waals surface area contributed by atoms with Crippen molar-refractivity contribution >= 4 is 24.8 Å². The summed E-state index contributed by atoms with van der Waals surface area (Å²) in [7, 11) is 3.76. The fourth-order valence-corrected chi connectivity index (χ4v) is 3.88. The minimum Gasteiger partial charge on any atom is -0.493 e. The van der Waals surface area contributed by atoms with Gasteiger partial charge in [0, 0.05) is 25.6 Å². The molecule has 0 aromatic heterocycles. The second-order valence-electron chi connectivity index (χ2n) is 8.29. The fraction of sp³-hybridized carbons (Fsp3) is 0.357. The van der Waals surface area contributed by atoms with Crippen molar-refractivity contribution in [3.63, 3.8) is 0 Å². The number of hydrogen-bond acceptors (Lipinski definition) is 5. The zero-order valence-corrected chi connectivity index (χ0v) is 22.1. The molecule has 0 aliphatic carbocycles. The lowest BCUT2D eigenvalue weighted by Crippen LogP contribution is -2.36. The first-order valence-corrected chi connectivity index (χ1v) is 11.6. The van der Waals surface area contributed by atoms with Gasteiger partial charge in [-0.3, -0.25) is 0 Å². The molecule has 0 aliphatic rings. The number of nitrogens with zero attached hydrogens (tertiary/aromatic N) is 1. The molecule has 1 unspecified atom stereocenters. The van der Waals surface area contributed by atoms with Crippen molar-refractivity contribution in [3.05, 3.63) is 96.1 Å². The second-order valence-corrected chi connectivity index (χ2v) is 8.29. The van der Waals surface area contributed by atoms with Crippen molar-refractivity contribution in [1.29, 1.82) is 0 Å². The molecule has 192 valence electrons. The first-order chi connectivity index (χ1) is 16.2. The number of nitrogens with one attached hydrogen (secondary N) is 1. The molecule has 3 aromatic rings. The van der Waals surface area contributed by atoms with Crippen LogP contribution in [0.15, 0.2) is 84.9 Å². The van der Waals surface area contributed by atoms with Crippen LogP contribution in [0.3, 0.4) is 0 Å². The van der Waals surface area contributed by atoms with Crippen LogP contribution in [0, 0.1) is 0 Å². The Balaban J connectivity index is 0.00000306. The highest BCUT2D eigenvalue weighted by Gasteiger charge is 2.15. The Morgan fingerprint density at radius 1 is 0.800 bits per heavy atom. The first-order valence-electron chi connectivity index (χ1n) is 11.6. The minimum absolute atomic E-state index is 0. The van der Waals surface area contributed by atoms with Crippen LogP contribution in [0.5, 0.6) is 11.5 Å². The molecule has 0 radical (unpaired) electrons. The SMILES string of the molecule is COc1ccccc1OCC(O)CNCCN(C)CCC(c1ccccc1)c1ccccc1.Cl.Cl. The fourth-order valence-electron chi connectivity index (χ4n) is 3.88. The summed E-state index contributed by atoms with van der Waals surface area (Å²) in [6.45, 7) is 3.42. The van der Waals surface area contributed by atoms with E-state index in [1.54, 1.807) is 7.11 Å². The highest BCUT2D eigenvalue weighted by Crippen LogP contribution is 2.28. The van der Waals surface area contributed by atoms with Gasteiger partial charge in [0.25, 0.3) is 0 Å². The van der Waals surface area contributed by atoms with Crippen molar-refractivity contribution in [2.24, 2.45) is 0 Å². The molecular formula is C28H38Cl2N2O3. The molecule has 3 rings (SSSR count). The Labute approximate surface area is 222 Å². The summed E-state index contributed by atoms with van der Waals surface area (Å²) in [5, 5.41) is 13.6. The Kier molecular flexibility index (Phi) is 15.1. The third-order valence-electron chi connectivity index (χ3n) is 5.75. The van der Waals surface area contributed by atoms with Crippen molar-refractivity contribution in [2.45, 2.75) is 18.4 Å². The molecule has 0 bridgehead atoms. The number of ether oxygens (including phenoxy) is 2. The zero-order chi connectivity index (χ0) is 23.3. The lowest BCUT2D eigenvalue weighted by atomic mass is 9.88. The number of aliphatic hydroxyl groups is 1. The van der Waals surface area contributed by atoms with Crippen LogP contribution >= 0.6 is 24.8 Å². The summed E-state index contributed by atoms with van der Waals surface area (Å²) in [6.07, 6.45) is 0.473. The molecule has 1 atom stereocenters. The Hall–Kier alpha value is -2.28. The van der Waals surface area contributed by atoms with Gasteiger partial charge in [0.15, 0.2) is 11.5 Å². The number of benzene rings is 3. The van der Waals surface area contributed by atoms with E-state index in [9.17, 15) is 5.11 Å². The van der Waals surface area contributed by atoms with Crippen LogP contribution in [0.4, 0.5) is 0 Å². The largest absolute Gasteiger partial charge is 0.493 e. The van der Waals surface area contributed by atoms with E-state index in [0.717, 1.165) is 26.1 Å². The van der Waals surface area contributed by atoms with E-state index < -0.39 is 6.10 Å². The lowest BCUT2D eigenvalue weighted by Gasteiger charge is -2.23. The smallest absolute Gasteiger partial charge is 0.161 e. The Morgan fingerprint density at radius 3 is 1.91 bits per heavy atom. The molecule has 2 N–H and O–H groups in total. The van der Waals surface area contributed by atoms with E-state index in [1.807, 2.05) is 24.3 Å². The van der Waals surface area contributed by atoms with Gasteiger partial charge in [0.2, 0.25) is 0 Å². The van der Waals surface area contributed by atoms with Crippen LogP contribution in [0.1, 0.15) is 23.5 Å². The number of hydrogen-bond donors (Lipinski definition) is 2. The monoisotopic (exact) mass is 520 g/mol. The van der Waals surface area contributed by atoms with Gasteiger partial charge in [-0.2, -0.15) is 0 Å². The van der Waals surface area contributed by atoms with E-state index in [2.05, 4.69) is 77.9 Å². The molecule has 5 nitrogen and oxygen atoms in total. The van der Waals surface area contributed by atoms with Crippen LogP contribution in [-0.4, -0.2) is 63.1 Å². The van der Waals surface area contributed by atoms with E-state index in [0.29, 0.717) is 24.0 Å². The molecular weight excluding hydrogens is 483 g/mol. The highest BCUT2D eigenvalue weighted by atomic mass is 35.5. The van der Waals surface area contributed by atoms with Crippen molar-refractivity contribution < 1.29 is 14.6 Å². The van der Waals surface area contributed by atoms with Crippen LogP contribution in [0.25, 0.3) is 0 Å². The van der Waals surface area contributed by atoms with Gasteiger partial charge < -0.3 is 24.8 Å². The predicted molar refractivity (Wildman–Crippen MR) is 149 cm³/mol. The molecule has 0 fully saturated rings. The van der Waals surface area contributed by atoms with Crippen molar-refractivity contribution in [1.82, 2.24) is 10.2 Å². The quantitative estimate of drug-likeness (QED) is 0.292. The third-order valence-corrected chi connectivity index (χ3v) is 5.75. The first kappa shape index (κ1) is 30.8. The molecule has 0 spiro atoms. The number of aliphatic hydroxyl groups excluding tert-OH is 1. The number of halogens is 2. The van der Waals surface area contributed by atoms with Crippen molar-refractivity contribution in [2.75, 3.05) is 46.9 Å². The summed E-state index contributed by atoms with van der Waals surface area (Å²) < 4.78 is 11.0. The van der Waals surface area contributed by atoms with E-state index in [1.165, 1.54) is 11.1 Å². The predicted octanol–water partition coefficient (Wildman–Crippen LogP) is 5.02. The maximum atomic E-state index is 10.2. The molecule has 0 saturated heterocycles. The number of likely N-dealkylation sites (N-methyl/N-ethyl adjacent to an activating group) is 1. The molecule has 35 heavy (non-hydrogen) atoms. The molecule has 0 aliphatic heterocycles. The van der Waals surface area contributed by atoms with Crippen molar-refractivity contribution in [3.8, 4) is 11.5 Å². The standard InChI is InChI=1S/C28H36N2O3.2ClH/c1-30(19-17-26(23-11-5-3-6-12-23)24-13-7-4-8-14-24)20-18-29-21-25(31)22-33-28-16-10-9-15-27(28)32-2;;/h3-16,25-26,29,31H,17-22H2,1-2H3;2*1H. The number of rotatable bonds is 14. The Morgan fingerprint density at radius 2 is 1.34 bits per heavy atom. The van der Waals surface area contributed by atoms with Gasteiger partial charge in [-0.25, -0.2) is 0 Å². The molecule has 0 saturated carbocycles. The average Bonchev–Trinajstić information content (AvgIpc) is 2.87. The molecule has 0 heterocycles. The summed E-state index contributed by atoms with van der Waals surface area (Å²) >= 11 is 0. The Bertz CT molecular complexity index is 892. The normalized spacial score (nSPS) is 11.5. The average molecular weight is 522 g/mol. The van der Waals surface area contributed by atoms with Crippen LogP contribution < -0.4 is 14.8 Å². The molecule has 7 heteroatoms. The van der Waals surface area contributed by atoms with Gasteiger partial charge in [-0.15, -0.1) is 24.8 Å². The highest BCUT2D eigenvalue weighted by molar-refractivity contribution is 5.85. The topological polar surface area (TPSA) is 54.0 Å². The molecule has 0 amide bonds. The van der Waals surface area contributed by atoms with Gasteiger partial charge in [-0.05, 0) is 43.3 Å².